The molecule has 3 N–H and O–H groups in total. The van der Waals surface area contributed by atoms with E-state index in [0.29, 0.717) is 35.6 Å². The van der Waals surface area contributed by atoms with Gasteiger partial charge in [-0.25, -0.2) is 4.98 Å². The highest BCUT2D eigenvalue weighted by Crippen LogP contribution is 2.33. The third-order valence-electron chi connectivity index (χ3n) is 4.25. The number of ether oxygens (including phenoxy) is 3. The first-order chi connectivity index (χ1) is 13.2. The predicted molar refractivity (Wildman–Crippen MR) is 103 cm³/mol. The zero-order valence-electron chi connectivity index (χ0n) is 15.9. The molecular weight excluding hydrogens is 346 g/mol. The number of methoxy groups -OCH3 is 1. The second-order valence-electron chi connectivity index (χ2n) is 6.59. The minimum absolute atomic E-state index is 0.208. The summed E-state index contributed by atoms with van der Waals surface area (Å²) < 4.78 is 17.1. The number of nitrogens with two attached hydrogens (primary N) is 1. The van der Waals surface area contributed by atoms with Crippen molar-refractivity contribution in [2.45, 2.75) is 39.2 Å². The van der Waals surface area contributed by atoms with Crippen LogP contribution < -0.4 is 25.3 Å². The highest BCUT2D eigenvalue weighted by Gasteiger charge is 2.22. The van der Waals surface area contributed by atoms with E-state index in [2.05, 4.69) is 27.2 Å². The number of rotatable bonds is 11. The van der Waals surface area contributed by atoms with Gasteiger partial charge in [0, 0.05) is 12.6 Å². The van der Waals surface area contributed by atoms with Crippen molar-refractivity contribution in [3.05, 3.63) is 24.2 Å². The van der Waals surface area contributed by atoms with Gasteiger partial charge in [0.05, 0.1) is 31.8 Å². The zero-order valence-corrected chi connectivity index (χ0v) is 15.9. The number of hydrogen-bond donors (Lipinski definition) is 2. The Bertz CT molecular complexity index is 752. The van der Waals surface area contributed by atoms with Gasteiger partial charge in [-0.05, 0) is 25.2 Å². The SMILES string of the molecule is CCCCNc1nc(N)ncc1OCc1cc(OCC2CC2)c(OC)cn1. The molecule has 1 aliphatic rings. The third-order valence-corrected chi connectivity index (χ3v) is 4.25. The summed E-state index contributed by atoms with van der Waals surface area (Å²) in [7, 11) is 1.61. The van der Waals surface area contributed by atoms with Crippen molar-refractivity contribution in [1.82, 2.24) is 15.0 Å². The lowest BCUT2D eigenvalue weighted by atomic mass is 10.3. The normalized spacial score (nSPS) is 13.3. The number of nitrogens with zero attached hydrogens (tertiary/aromatic N) is 3. The molecule has 0 atom stereocenters. The standard InChI is InChI=1S/C19H27N5O3/c1-3-4-7-21-18-17(10-23-19(20)24-18)27-12-14-8-15(16(25-2)9-22-14)26-11-13-5-6-13/h8-10,13H,3-7,11-12H2,1-2H3,(H3,20,21,23,24). The quantitative estimate of drug-likeness (QED) is 0.579. The van der Waals surface area contributed by atoms with E-state index in [1.807, 2.05) is 6.07 Å². The molecule has 2 aromatic heterocycles. The van der Waals surface area contributed by atoms with Gasteiger partial charge in [0.1, 0.15) is 6.61 Å². The second-order valence-corrected chi connectivity index (χ2v) is 6.59. The van der Waals surface area contributed by atoms with Gasteiger partial charge in [0.25, 0.3) is 0 Å². The zero-order chi connectivity index (χ0) is 19.1. The molecule has 3 rings (SSSR count). The Morgan fingerprint density at radius 3 is 2.70 bits per heavy atom. The summed E-state index contributed by atoms with van der Waals surface area (Å²) in [5.41, 5.74) is 6.43. The van der Waals surface area contributed by atoms with Crippen molar-refractivity contribution < 1.29 is 14.2 Å². The fourth-order valence-electron chi connectivity index (χ4n) is 2.45. The van der Waals surface area contributed by atoms with Gasteiger partial charge in [-0.15, -0.1) is 0 Å². The van der Waals surface area contributed by atoms with Crippen molar-refractivity contribution in [2.24, 2.45) is 5.92 Å². The van der Waals surface area contributed by atoms with Crippen LogP contribution in [0.3, 0.4) is 0 Å². The number of anilines is 2. The summed E-state index contributed by atoms with van der Waals surface area (Å²) in [6.45, 7) is 3.90. The molecule has 146 valence electrons. The lowest BCUT2D eigenvalue weighted by Crippen LogP contribution is -2.09. The molecule has 0 aliphatic heterocycles. The first kappa shape index (κ1) is 19.0. The molecule has 8 nitrogen and oxygen atoms in total. The smallest absolute Gasteiger partial charge is 0.222 e. The molecule has 1 saturated carbocycles. The van der Waals surface area contributed by atoms with Crippen LogP contribution in [0.4, 0.5) is 11.8 Å². The van der Waals surface area contributed by atoms with E-state index < -0.39 is 0 Å². The molecule has 0 spiro atoms. The number of aromatic nitrogens is 3. The maximum absolute atomic E-state index is 5.88. The molecule has 1 aliphatic carbocycles. The molecule has 2 aromatic rings. The number of hydrogen-bond acceptors (Lipinski definition) is 8. The summed E-state index contributed by atoms with van der Waals surface area (Å²) in [6, 6.07) is 1.85. The van der Waals surface area contributed by atoms with Crippen molar-refractivity contribution in [3.8, 4) is 17.2 Å². The highest BCUT2D eigenvalue weighted by atomic mass is 16.5. The number of nitrogen functional groups attached to an aromatic ring is 1. The highest BCUT2D eigenvalue weighted by molar-refractivity contribution is 5.51. The van der Waals surface area contributed by atoms with E-state index >= 15 is 0 Å². The molecule has 0 amide bonds. The van der Waals surface area contributed by atoms with E-state index in [1.165, 1.54) is 12.8 Å². The van der Waals surface area contributed by atoms with Crippen LogP contribution in [0.25, 0.3) is 0 Å². The van der Waals surface area contributed by atoms with Crippen LogP contribution in [0.5, 0.6) is 17.2 Å². The van der Waals surface area contributed by atoms with Gasteiger partial charge in [0.15, 0.2) is 23.1 Å². The molecule has 0 aromatic carbocycles. The monoisotopic (exact) mass is 373 g/mol. The Morgan fingerprint density at radius 1 is 1.15 bits per heavy atom. The second kappa shape index (κ2) is 9.25. The Hall–Kier alpha value is -2.77. The molecular formula is C19H27N5O3. The number of nitrogens with one attached hydrogen (secondary N) is 1. The van der Waals surface area contributed by atoms with Crippen LogP contribution in [0, 0.1) is 5.92 Å². The van der Waals surface area contributed by atoms with E-state index in [1.54, 1.807) is 19.5 Å². The molecule has 0 radical (unpaired) electrons. The fraction of sp³-hybridized carbons (Fsp3) is 0.526. The fourth-order valence-corrected chi connectivity index (χ4v) is 2.45. The summed E-state index contributed by atoms with van der Waals surface area (Å²) in [5, 5.41) is 3.24. The average molecular weight is 373 g/mol. The van der Waals surface area contributed by atoms with Crippen LogP contribution in [-0.4, -0.2) is 35.2 Å². The Labute approximate surface area is 159 Å². The molecule has 2 heterocycles. The van der Waals surface area contributed by atoms with Crippen molar-refractivity contribution in [3.63, 3.8) is 0 Å². The van der Waals surface area contributed by atoms with Crippen LogP contribution in [-0.2, 0) is 6.61 Å². The summed E-state index contributed by atoms with van der Waals surface area (Å²) >= 11 is 0. The topological polar surface area (TPSA) is 104 Å². The van der Waals surface area contributed by atoms with E-state index in [0.717, 1.165) is 25.1 Å². The minimum atomic E-state index is 0.208. The summed E-state index contributed by atoms with van der Waals surface area (Å²) in [4.78, 5) is 12.6. The van der Waals surface area contributed by atoms with Gasteiger partial charge in [0.2, 0.25) is 5.95 Å². The van der Waals surface area contributed by atoms with E-state index in [-0.39, 0.29) is 12.6 Å². The van der Waals surface area contributed by atoms with Gasteiger partial charge in [-0.2, -0.15) is 4.98 Å². The van der Waals surface area contributed by atoms with E-state index in [4.69, 9.17) is 19.9 Å². The predicted octanol–water partition coefficient (Wildman–Crippen LogP) is 3.04. The maximum atomic E-state index is 5.88. The lowest BCUT2D eigenvalue weighted by Gasteiger charge is -2.14. The minimum Gasteiger partial charge on any atom is -0.491 e. The Balaban J connectivity index is 1.65. The Kier molecular flexibility index (Phi) is 6.51. The first-order valence-corrected chi connectivity index (χ1v) is 9.34. The Morgan fingerprint density at radius 2 is 1.96 bits per heavy atom. The van der Waals surface area contributed by atoms with Crippen LogP contribution in [0.2, 0.25) is 0 Å². The largest absolute Gasteiger partial charge is 0.491 e. The van der Waals surface area contributed by atoms with Crippen LogP contribution >= 0.6 is 0 Å². The van der Waals surface area contributed by atoms with Crippen LogP contribution in [0.1, 0.15) is 38.3 Å². The van der Waals surface area contributed by atoms with Gasteiger partial charge in [-0.1, -0.05) is 13.3 Å². The first-order valence-electron chi connectivity index (χ1n) is 9.34. The lowest BCUT2D eigenvalue weighted by molar-refractivity contribution is 0.274. The van der Waals surface area contributed by atoms with Gasteiger partial charge in [-0.3, -0.25) is 4.98 Å². The molecule has 0 saturated heterocycles. The van der Waals surface area contributed by atoms with Crippen molar-refractivity contribution >= 4 is 11.8 Å². The molecule has 27 heavy (non-hydrogen) atoms. The summed E-state index contributed by atoms with van der Waals surface area (Å²) in [5.74, 6) is 3.31. The van der Waals surface area contributed by atoms with Gasteiger partial charge < -0.3 is 25.3 Å². The molecule has 0 bridgehead atoms. The van der Waals surface area contributed by atoms with Crippen molar-refractivity contribution in [1.29, 1.82) is 0 Å². The van der Waals surface area contributed by atoms with Crippen molar-refractivity contribution in [2.75, 3.05) is 31.3 Å². The molecule has 0 unspecified atom stereocenters. The van der Waals surface area contributed by atoms with Gasteiger partial charge >= 0.3 is 0 Å². The average Bonchev–Trinajstić information content (AvgIpc) is 3.50. The third kappa shape index (κ3) is 5.60. The van der Waals surface area contributed by atoms with E-state index in [9.17, 15) is 0 Å². The number of unbranched alkanes of at least 4 members (excludes halogenated alkanes) is 1. The number of pyridine rings is 1. The molecule has 8 heteroatoms. The maximum Gasteiger partial charge on any atom is 0.222 e. The van der Waals surface area contributed by atoms with Crippen LogP contribution in [0.15, 0.2) is 18.5 Å². The molecule has 1 fully saturated rings. The summed E-state index contributed by atoms with van der Waals surface area (Å²) in [6.07, 6.45) is 7.81.